The molecule has 2 aromatic heterocycles. The van der Waals surface area contributed by atoms with E-state index in [-0.39, 0.29) is 17.7 Å². The van der Waals surface area contributed by atoms with Gasteiger partial charge in [-0.3, -0.25) is 14.6 Å². The van der Waals surface area contributed by atoms with Crippen molar-refractivity contribution in [2.45, 2.75) is 51.9 Å². The largest absolute Gasteiger partial charge is 0.376 e. The van der Waals surface area contributed by atoms with E-state index in [2.05, 4.69) is 86.6 Å². The Kier molecular flexibility index (Phi) is 7.06. The first kappa shape index (κ1) is 24.9. The molecule has 2 unspecified atom stereocenters. The van der Waals surface area contributed by atoms with Crippen LogP contribution >= 0.6 is 0 Å². The highest BCUT2D eigenvalue weighted by molar-refractivity contribution is 5.81. The number of aromatic nitrogens is 5. The van der Waals surface area contributed by atoms with Crippen molar-refractivity contribution in [2.75, 3.05) is 32.8 Å². The summed E-state index contributed by atoms with van der Waals surface area (Å²) in [6.45, 7) is 9.90. The van der Waals surface area contributed by atoms with Gasteiger partial charge in [-0.2, -0.15) is 0 Å². The highest BCUT2D eigenvalue weighted by Crippen LogP contribution is 2.29. The summed E-state index contributed by atoms with van der Waals surface area (Å²) in [5.74, 6) is 0.700. The Morgan fingerprint density at radius 2 is 1.84 bits per heavy atom. The Balaban J connectivity index is 1.34. The summed E-state index contributed by atoms with van der Waals surface area (Å²) in [6, 6.07) is 16.5. The van der Waals surface area contributed by atoms with Gasteiger partial charge in [0, 0.05) is 50.4 Å². The summed E-state index contributed by atoms with van der Waals surface area (Å²) in [6.07, 6.45) is 2.15. The van der Waals surface area contributed by atoms with Crippen LogP contribution in [0.4, 0.5) is 0 Å². The number of aryl methyl sites for hydroxylation is 2. The minimum Gasteiger partial charge on any atom is -0.376 e. The summed E-state index contributed by atoms with van der Waals surface area (Å²) in [5.41, 5.74) is 5.11. The number of H-pyrrole nitrogens is 1. The molecule has 0 saturated carbocycles. The lowest BCUT2D eigenvalue weighted by atomic mass is 10.00. The summed E-state index contributed by atoms with van der Waals surface area (Å²) >= 11 is 0. The van der Waals surface area contributed by atoms with Crippen molar-refractivity contribution < 1.29 is 4.74 Å². The number of nitrogens with one attached hydrogen (secondary N) is 1. The monoisotopic (exact) mass is 513 g/mol. The van der Waals surface area contributed by atoms with Gasteiger partial charge in [-0.15, -0.1) is 5.10 Å². The number of pyridine rings is 1. The topological polar surface area (TPSA) is 92.2 Å². The van der Waals surface area contributed by atoms with Crippen LogP contribution in [0.15, 0.2) is 53.3 Å². The molecule has 0 bridgehead atoms. The smallest absolute Gasteiger partial charge is 0.253 e. The van der Waals surface area contributed by atoms with Crippen LogP contribution in [0.1, 0.15) is 47.0 Å². The van der Waals surface area contributed by atoms with E-state index < -0.39 is 0 Å². The Morgan fingerprint density at radius 3 is 2.61 bits per heavy atom. The van der Waals surface area contributed by atoms with Gasteiger partial charge in [-0.05, 0) is 77.4 Å². The van der Waals surface area contributed by atoms with E-state index in [1.54, 1.807) is 0 Å². The summed E-state index contributed by atoms with van der Waals surface area (Å²) < 4.78 is 7.73. The van der Waals surface area contributed by atoms with Gasteiger partial charge in [-0.25, -0.2) is 4.68 Å². The lowest BCUT2D eigenvalue weighted by Gasteiger charge is -2.38. The van der Waals surface area contributed by atoms with E-state index in [0.717, 1.165) is 68.6 Å². The van der Waals surface area contributed by atoms with Gasteiger partial charge in [0.2, 0.25) is 0 Å². The third kappa shape index (κ3) is 5.14. The number of tetrazole rings is 1. The number of hydrogen-bond donors (Lipinski definition) is 1. The fourth-order valence-electron chi connectivity index (χ4n) is 5.74. The van der Waals surface area contributed by atoms with E-state index in [9.17, 15) is 4.79 Å². The summed E-state index contributed by atoms with van der Waals surface area (Å²) in [5, 5.41) is 13.9. The molecule has 9 heteroatoms. The van der Waals surface area contributed by atoms with E-state index in [1.807, 2.05) is 10.7 Å². The second-order valence-electron chi connectivity index (χ2n) is 10.6. The lowest BCUT2D eigenvalue weighted by Crippen LogP contribution is -2.48. The predicted octanol–water partition coefficient (Wildman–Crippen LogP) is 3.22. The molecule has 0 spiro atoms. The zero-order chi connectivity index (χ0) is 26.1. The van der Waals surface area contributed by atoms with Crippen molar-refractivity contribution in [3.8, 4) is 0 Å². The normalized spacial score (nSPS) is 19.8. The van der Waals surface area contributed by atoms with Crippen molar-refractivity contribution in [1.29, 1.82) is 0 Å². The molecule has 1 N–H and O–H groups in total. The standard InChI is InChI=1S/C29H35N7O2/c1-20-15-23-17-25(29(37)30-26(23)16-21(20)2)27(28-31-32-33-36(28)19-24-9-6-14-38-24)35-12-10-34(11-13-35)18-22-7-4-3-5-8-22/h3-5,7-8,15-17,24,27H,6,9-14,18-19H2,1-2H3,(H,30,37). The van der Waals surface area contributed by atoms with Gasteiger partial charge in [0.1, 0.15) is 6.04 Å². The van der Waals surface area contributed by atoms with Crippen LogP contribution < -0.4 is 5.56 Å². The van der Waals surface area contributed by atoms with Crippen LogP contribution in [0.2, 0.25) is 0 Å². The maximum absolute atomic E-state index is 13.6. The van der Waals surface area contributed by atoms with Crippen LogP contribution in [-0.4, -0.2) is 73.9 Å². The van der Waals surface area contributed by atoms with Crippen LogP contribution in [0.25, 0.3) is 10.9 Å². The van der Waals surface area contributed by atoms with E-state index in [4.69, 9.17) is 4.74 Å². The molecule has 4 aromatic rings. The maximum atomic E-state index is 13.6. The second-order valence-corrected chi connectivity index (χ2v) is 10.6. The number of piperazine rings is 1. The summed E-state index contributed by atoms with van der Waals surface area (Å²) in [4.78, 5) is 21.5. The average molecular weight is 514 g/mol. The number of aromatic amines is 1. The molecule has 198 valence electrons. The molecule has 2 saturated heterocycles. The molecule has 2 aliphatic rings. The lowest BCUT2D eigenvalue weighted by molar-refractivity contribution is 0.0840. The van der Waals surface area contributed by atoms with Crippen LogP contribution in [0, 0.1) is 13.8 Å². The molecule has 2 aliphatic heterocycles. The predicted molar refractivity (Wildman–Crippen MR) is 146 cm³/mol. The minimum absolute atomic E-state index is 0.0934. The summed E-state index contributed by atoms with van der Waals surface area (Å²) in [7, 11) is 0. The molecule has 0 aliphatic carbocycles. The molecule has 9 nitrogen and oxygen atoms in total. The quantitative estimate of drug-likeness (QED) is 0.406. The van der Waals surface area contributed by atoms with Crippen molar-refractivity contribution in [2.24, 2.45) is 0 Å². The molecule has 0 amide bonds. The molecular weight excluding hydrogens is 478 g/mol. The Hall–Kier alpha value is -3.40. The number of hydrogen-bond acceptors (Lipinski definition) is 7. The first-order valence-corrected chi connectivity index (χ1v) is 13.6. The minimum atomic E-state index is -0.347. The first-order valence-electron chi connectivity index (χ1n) is 13.6. The van der Waals surface area contributed by atoms with Crippen molar-refractivity contribution in [3.05, 3.63) is 87.0 Å². The number of rotatable bonds is 7. The molecule has 0 radical (unpaired) electrons. The highest BCUT2D eigenvalue weighted by Gasteiger charge is 2.33. The van der Waals surface area contributed by atoms with Crippen molar-refractivity contribution in [3.63, 3.8) is 0 Å². The Bertz CT molecular complexity index is 1450. The molecular formula is C29H35N7O2. The van der Waals surface area contributed by atoms with Gasteiger partial charge in [-0.1, -0.05) is 30.3 Å². The van der Waals surface area contributed by atoms with Gasteiger partial charge < -0.3 is 9.72 Å². The van der Waals surface area contributed by atoms with Crippen LogP contribution in [-0.2, 0) is 17.8 Å². The van der Waals surface area contributed by atoms with Crippen LogP contribution in [0.5, 0.6) is 0 Å². The third-order valence-corrected chi connectivity index (χ3v) is 8.01. The zero-order valence-corrected chi connectivity index (χ0v) is 22.1. The van der Waals surface area contributed by atoms with Crippen LogP contribution in [0.3, 0.4) is 0 Å². The number of ether oxygens (including phenoxy) is 1. The number of nitrogens with zero attached hydrogens (tertiary/aromatic N) is 6. The van der Waals surface area contributed by atoms with Gasteiger partial charge in [0.05, 0.1) is 12.6 Å². The van der Waals surface area contributed by atoms with Crippen molar-refractivity contribution >= 4 is 10.9 Å². The molecule has 2 aromatic carbocycles. The molecule has 2 fully saturated rings. The SMILES string of the molecule is Cc1cc2cc(C(c3nnnn3CC3CCCO3)N3CCN(Cc4ccccc4)CC3)c(=O)[nH]c2cc1C. The third-order valence-electron chi connectivity index (χ3n) is 8.01. The van der Waals surface area contributed by atoms with E-state index in [1.165, 1.54) is 11.1 Å². The van der Waals surface area contributed by atoms with E-state index in [0.29, 0.717) is 17.9 Å². The van der Waals surface area contributed by atoms with Gasteiger partial charge in [0.15, 0.2) is 5.82 Å². The highest BCUT2D eigenvalue weighted by atomic mass is 16.5. The average Bonchev–Trinajstić information content (AvgIpc) is 3.60. The zero-order valence-electron chi connectivity index (χ0n) is 22.1. The molecule has 4 heterocycles. The van der Waals surface area contributed by atoms with Crippen molar-refractivity contribution in [1.82, 2.24) is 35.0 Å². The fraction of sp³-hybridized carbons (Fsp3) is 0.448. The van der Waals surface area contributed by atoms with Gasteiger partial charge >= 0.3 is 0 Å². The number of benzene rings is 2. The fourth-order valence-corrected chi connectivity index (χ4v) is 5.74. The second kappa shape index (κ2) is 10.8. The molecule has 2 atom stereocenters. The molecule has 6 rings (SSSR count). The Labute approximate surface area is 222 Å². The maximum Gasteiger partial charge on any atom is 0.253 e. The number of fused-ring (bicyclic) bond motifs is 1. The van der Waals surface area contributed by atoms with E-state index >= 15 is 0 Å². The Morgan fingerprint density at radius 1 is 1.05 bits per heavy atom. The molecule has 38 heavy (non-hydrogen) atoms. The van der Waals surface area contributed by atoms with Gasteiger partial charge in [0.25, 0.3) is 5.56 Å². The first-order chi connectivity index (χ1) is 18.5.